The summed E-state index contributed by atoms with van der Waals surface area (Å²) in [5, 5.41) is 0. The van der Waals surface area contributed by atoms with E-state index in [1.165, 1.54) is 6.07 Å². The fourth-order valence-corrected chi connectivity index (χ4v) is 3.69. The van der Waals surface area contributed by atoms with Crippen LogP contribution >= 0.6 is 0 Å². The Morgan fingerprint density at radius 2 is 1.55 bits per heavy atom. The van der Waals surface area contributed by atoms with Crippen molar-refractivity contribution in [3.05, 3.63) is 65.2 Å². The molecule has 0 radical (unpaired) electrons. The van der Waals surface area contributed by atoms with Gasteiger partial charge in [0.1, 0.15) is 0 Å². The molecule has 156 valence electrons. The Kier molecular flexibility index (Phi) is 6.52. The largest absolute Gasteiger partial charge is 0.369 e. The Hall–Kier alpha value is -2.47. The molecule has 1 unspecified atom stereocenters. The molecule has 1 atom stereocenters. The number of piperazine rings is 1. The van der Waals surface area contributed by atoms with Crippen LogP contribution < -0.4 is 4.90 Å². The first-order valence-electron chi connectivity index (χ1n) is 10.1. The molecule has 29 heavy (non-hydrogen) atoms. The van der Waals surface area contributed by atoms with Crippen LogP contribution in [0, 0.1) is 11.6 Å². The molecule has 0 aromatic heterocycles. The lowest BCUT2D eigenvalue weighted by atomic mass is 10.1. The average molecular weight is 402 g/mol. The summed E-state index contributed by atoms with van der Waals surface area (Å²) < 4.78 is 26.7. The summed E-state index contributed by atoms with van der Waals surface area (Å²) in [6.45, 7) is 10.2. The van der Waals surface area contributed by atoms with E-state index in [1.54, 1.807) is 18.9 Å². The maximum Gasteiger partial charge on any atom is 0.254 e. The van der Waals surface area contributed by atoms with Gasteiger partial charge in [-0.25, -0.2) is 8.78 Å². The van der Waals surface area contributed by atoms with Gasteiger partial charge in [0.15, 0.2) is 11.6 Å². The second-order valence-corrected chi connectivity index (χ2v) is 7.93. The molecular formula is C23H29F2N3O. The van der Waals surface area contributed by atoms with Gasteiger partial charge in [0.25, 0.3) is 5.91 Å². The van der Waals surface area contributed by atoms with Crippen molar-refractivity contribution in [3.8, 4) is 0 Å². The number of rotatable bonds is 5. The van der Waals surface area contributed by atoms with E-state index < -0.39 is 11.6 Å². The molecule has 1 amide bonds. The van der Waals surface area contributed by atoms with Gasteiger partial charge in [-0.2, -0.15) is 0 Å². The molecule has 3 rings (SSSR count). The fourth-order valence-electron chi connectivity index (χ4n) is 3.69. The zero-order chi connectivity index (χ0) is 21.1. The van der Waals surface area contributed by atoms with E-state index in [4.69, 9.17) is 0 Å². The van der Waals surface area contributed by atoms with Crippen molar-refractivity contribution in [2.75, 3.05) is 38.1 Å². The first kappa shape index (κ1) is 21.2. The number of carbonyl (C=O) groups excluding carboxylic acids is 1. The van der Waals surface area contributed by atoms with Crippen LogP contribution in [0.4, 0.5) is 14.5 Å². The quantitative estimate of drug-likeness (QED) is 0.746. The first-order chi connectivity index (χ1) is 13.8. The number of nitrogens with zero attached hydrogens (tertiary/aromatic N) is 3. The summed E-state index contributed by atoms with van der Waals surface area (Å²) in [4.78, 5) is 19.2. The maximum atomic E-state index is 13.5. The van der Waals surface area contributed by atoms with E-state index in [-0.39, 0.29) is 11.9 Å². The molecule has 2 aromatic carbocycles. The van der Waals surface area contributed by atoms with Gasteiger partial charge in [-0.1, -0.05) is 6.07 Å². The summed E-state index contributed by atoms with van der Waals surface area (Å²) in [6.07, 6.45) is 0. The minimum absolute atomic E-state index is 0.154. The van der Waals surface area contributed by atoms with Gasteiger partial charge in [-0.3, -0.25) is 9.69 Å². The SMILES string of the molecule is CC(C)N1CCN(c2ccc(C(=O)N(C)C(C)c3ccc(F)c(F)c3)cc2)CC1. The van der Waals surface area contributed by atoms with E-state index in [9.17, 15) is 13.6 Å². The molecule has 0 N–H and O–H groups in total. The Morgan fingerprint density at radius 3 is 2.10 bits per heavy atom. The predicted molar refractivity (Wildman–Crippen MR) is 112 cm³/mol. The normalized spacial score (nSPS) is 16.2. The zero-order valence-electron chi connectivity index (χ0n) is 17.5. The third kappa shape index (κ3) is 4.75. The Morgan fingerprint density at radius 1 is 0.931 bits per heavy atom. The maximum absolute atomic E-state index is 13.5. The van der Waals surface area contributed by atoms with Gasteiger partial charge in [0, 0.05) is 50.5 Å². The monoisotopic (exact) mass is 401 g/mol. The number of halogens is 2. The van der Waals surface area contributed by atoms with Gasteiger partial charge in [0.2, 0.25) is 0 Å². The van der Waals surface area contributed by atoms with Crippen molar-refractivity contribution in [2.45, 2.75) is 32.9 Å². The highest BCUT2D eigenvalue weighted by atomic mass is 19.2. The summed E-state index contributed by atoms with van der Waals surface area (Å²) in [5.41, 5.74) is 2.24. The number of carbonyl (C=O) groups is 1. The standard InChI is InChI=1S/C23H29F2N3O/c1-16(2)27-11-13-28(14-12-27)20-8-5-18(6-9-20)23(29)26(4)17(3)19-7-10-21(24)22(25)15-19/h5-10,15-17H,11-14H2,1-4H3. The number of amides is 1. The minimum atomic E-state index is -0.905. The molecular weight excluding hydrogens is 372 g/mol. The third-order valence-electron chi connectivity index (χ3n) is 5.85. The lowest BCUT2D eigenvalue weighted by Gasteiger charge is -2.38. The first-order valence-corrected chi connectivity index (χ1v) is 10.1. The van der Waals surface area contributed by atoms with E-state index in [0.717, 1.165) is 44.0 Å². The van der Waals surface area contributed by atoms with E-state index in [2.05, 4.69) is 23.6 Å². The van der Waals surface area contributed by atoms with Crippen molar-refractivity contribution < 1.29 is 13.6 Å². The second-order valence-electron chi connectivity index (χ2n) is 7.93. The minimum Gasteiger partial charge on any atom is -0.369 e. The number of benzene rings is 2. The average Bonchev–Trinajstić information content (AvgIpc) is 2.74. The molecule has 1 aliphatic heterocycles. The molecule has 0 aliphatic carbocycles. The third-order valence-corrected chi connectivity index (χ3v) is 5.85. The molecule has 0 saturated carbocycles. The van der Waals surface area contributed by atoms with Crippen molar-refractivity contribution in [2.24, 2.45) is 0 Å². The fraction of sp³-hybridized carbons (Fsp3) is 0.435. The van der Waals surface area contributed by atoms with Gasteiger partial charge < -0.3 is 9.80 Å². The molecule has 1 aliphatic rings. The highest BCUT2D eigenvalue weighted by Gasteiger charge is 2.22. The highest BCUT2D eigenvalue weighted by Crippen LogP contribution is 2.24. The molecule has 6 heteroatoms. The predicted octanol–water partition coefficient (Wildman–Crippen LogP) is 4.33. The molecule has 1 fully saturated rings. The van der Waals surface area contributed by atoms with Gasteiger partial charge in [-0.15, -0.1) is 0 Å². The smallest absolute Gasteiger partial charge is 0.254 e. The number of hydrogen-bond acceptors (Lipinski definition) is 3. The van der Waals surface area contributed by atoms with E-state index in [1.807, 2.05) is 24.3 Å². The lowest BCUT2D eigenvalue weighted by molar-refractivity contribution is 0.0742. The van der Waals surface area contributed by atoms with Crippen molar-refractivity contribution in [1.29, 1.82) is 0 Å². The zero-order valence-corrected chi connectivity index (χ0v) is 17.5. The van der Waals surface area contributed by atoms with Crippen LogP contribution in [0.2, 0.25) is 0 Å². The van der Waals surface area contributed by atoms with E-state index >= 15 is 0 Å². The van der Waals surface area contributed by atoms with Crippen LogP contribution in [0.1, 0.15) is 42.7 Å². The summed E-state index contributed by atoms with van der Waals surface area (Å²) in [5.74, 6) is -1.95. The van der Waals surface area contributed by atoms with Crippen molar-refractivity contribution in [3.63, 3.8) is 0 Å². The van der Waals surface area contributed by atoms with Gasteiger partial charge in [-0.05, 0) is 62.7 Å². The topological polar surface area (TPSA) is 26.8 Å². The molecule has 1 heterocycles. The van der Waals surface area contributed by atoms with Crippen molar-refractivity contribution >= 4 is 11.6 Å². The summed E-state index contributed by atoms with van der Waals surface area (Å²) >= 11 is 0. The Bertz CT molecular complexity index is 846. The van der Waals surface area contributed by atoms with Crippen LogP contribution in [0.3, 0.4) is 0 Å². The Labute approximate surface area is 171 Å². The number of hydrogen-bond donors (Lipinski definition) is 0. The molecule has 0 spiro atoms. The van der Waals surface area contributed by atoms with Crippen LogP contribution in [0.5, 0.6) is 0 Å². The molecule has 0 bridgehead atoms. The van der Waals surface area contributed by atoms with Crippen LogP contribution in [0.15, 0.2) is 42.5 Å². The molecule has 4 nitrogen and oxygen atoms in total. The molecule has 2 aromatic rings. The second kappa shape index (κ2) is 8.91. The van der Waals surface area contributed by atoms with E-state index in [0.29, 0.717) is 17.2 Å². The van der Waals surface area contributed by atoms with Crippen LogP contribution in [0.25, 0.3) is 0 Å². The summed E-state index contributed by atoms with van der Waals surface area (Å²) in [7, 11) is 1.67. The highest BCUT2D eigenvalue weighted by molar-refractivity contribution is 5.94. The lowest BCUT2D eigenvalue weighted by Crippen LogP contribution is -2.48. The Balaban J connectivity index is 1.66. The van der Waals surface area contributed by atoms with Gasteiger partial charge >= 0.3 is 0 Å². The summed E-state index contributed by atoms with van der Waals surface area (Å²) in [6, 6.07) is 11.6. The number of anilines is 1. The van der Waals surface area contributed by atoms with Crippen LogP contribution in [-0.2, 0) is 0 Å². The van der Waals surface area contributed by atoms with Crippen LogP contribution in [-0.4, -0.2) is 55.0 Å². The molecule has 1 saturated heterocycles. The van der Waals surface area contributed by atoms with Gasteiger partial charge in [0.05, 0.1) is 6.04 Å². The van der Waals surface area contributed by atoms with Crippen molar-refractivity contribution in [1.82, 2.24) is 9.80 Å².